The number of hydrazone groups is 1. The number of hydrogen-bond donors (Lipinski definition) is 1. The van der Waals surface area contributed by atoms with Crippen molar-refractivity contribution >= 4 is 12.1 Å². The summed E-state index contributed by atoms with van der Waals surface area (Å²) in [6.45, 7) is 2.28. The van der Waals surface area contributed by atoms with Crippen molar-refractivity contribution in [3.63, 3.8) is 0 Å². The van der Waals surface area contributed by atoms with E-state index in [-0.39, 0.29) is 6.04 Å². The van der Waals surface area contributed by atoms with Crippen molar-refractivity contribution in [3.8, 4) is 5.75 Å². The first-order chi connectivity index (χ1) is 10.8. The Bertz CT molecular complexity index is 625. The van der Waals surface area contributed by atoms with Gasteiger partial charge in [-0.3, -0.25) is 4.99 Å². The summed E-state index contributed by atoms with van der Waals surface area (Å²) in [7, 11) is 1.66. The van der Waals surface area contributed by atoms with Crippen LogP contribution in [0.25, 0.3) is 0 Å². The van der Waals surface area contributed by atoms with Crippen LogP contribution in [0.15, 0.2) is 40.4 Å². The lowest BCUT2D eigenvalue weighted by Crippen LogP contribution is -2.22. The largest absolute Gasteiger partial charge is 0.491 e. The van der Waals surface area contributed by atoms with E-state index in [0.717, 1.165) is 29.3 Å². The van der Waals surface area contributed by atoms with Gasteiger partial charge in [-0.05, 0) is 35.4 Å². The van der Waals surface area contributed by atoms with Crippen LogP contribution in [0.3, 0.4) is 0 Å². The molecule has 2 aliphatic rings. The lowest BCUT2D eigenvalue weighted by molar-refractivity contribution is 0.146. The van der Waals surface area contributed by atoms with Gasteiger partial charge >= 0.3 is 0 Å². The van der Waals surface area contributed by atoms with Crippen molar-refractivity contribution in [2.24, 2.45) is 15.8 Å². The lowest BCUT2D eigenvalue weighted by atomic mass is 10.0. The molecular formula is C16H20N4O2. The monoisotopic (exact) mass is 300 g/mol. The zero-order valence-corrected chi connectivity index (χ0v) is 12.6. The molecule has 6 heteroatoms. The van der Waals surface area contributed by atoms with Crippen molar-refractivity contribution < 1.29 is 9.47 Å². The third-order valence-electron chi connectivity index (χ3n) is 3.60. The molecule has 1 aromatic carbocycles. The highest BCUT2D eigenvalue weighted by molar-refractivity contribution is 5.99. The van der Waals surface area contributed by atoms with Crippen LogP contribution < -0.4 is 10.5 Å². The maximum absolute atomic E-state index is 5.80. The van der Waals surface area contributed by atoms with Crippen LogP contribution >= 0.6 is 0 Å². The van der Waals surface area contributed by atoms with E-state index in [0.29, 0.717) is 19.8 Å². The average Bonchev–Trinajstić information content (AvgIpc) is 2.99. The van der Waals surface area contributed by atoms with E-state index in [1.807, 2.05) is 29.3 Å². The number of ether oxygens (including phenoxy) is 2. The van der Waals surface area contributed by atoms with Gasteiger partial charge in [-0.1, -0.05) is 6.07 Å². The molecule has 116 valence electrons. The highest BCUT2D eigenvalue weighted by Crippen LogP contribution is 2.30. The van der Waals surface area contributed by atoms with Crippen molar-refractivity contribution in [3.05, 3.63) is 41.5 Å². The molecule has 1 unspecified atom stereocenters. The highest BCUT2D eigenvalue weighted by atomic mass is 16.5. The number of nitrogens with two attached hydrogens (primary N) is 1. The lowest BCUT2D eigenvalue weighted by Gasteiger charge is -2.16. The first-order valence-electron chi connectivity index (χ1n) is 7.32. The normalized spacial score (nSPS) is 19.3. The van der Waals surface area contributed by atoms with Gasteiger partial charge in [0.2, 0.25) is 0 Å². The summed E-state index contributed by atoms with van der Waals surface area (Å²) in [5.41, 5.74) is 7.93. The maximum Gasteiger partial charge on any atom is 0.144 e. The summed E-state index contributed by atoms with van der Waals surface area (Å²) in [5.74, 6) is 1.70. The van der Waals surface area contributed by atoms with Crippen molar-refractivity contribution in [2.75, 3.05) is 26.9 Å². The number of methoxy groups -OCH3 is 1. The van der Waals surface area contributed by atoms with Gasteiger partial charge in [0, 0.05) is 19.9 Å². The predicted octanol–water partition coefficient (Wildman–Crippen LogP) is 1.48. The van der Waals surface area contributed by atoms with Crippen LogP contribution in [-0.2, 0) is 11.3 Å². The molecule has 0 spiro atoms. The van der Waals surface area contributed by atoms with Crippen molar-refractivity contribution in [1.29, 1.82) is 0 Å². The van der Waals surface area contributed by atoms with Gasteiger partial charge in [0.25, 0.3) is 0 Å². The highest BCUT2D eigenvalue weighted by Gasteiger charge is 2.26. The summed E-state index contributed by atoms with van der Waals surface area (Å²) < 4.78 is 10.7. The van der Waals surface area contributed by atoms with Crippen LogP contribution in [-0.4, -0.2) is 43.9 Å². The zero-order chi connectivity index (χ0) is 15.4. The van der Waals surface area contributed by atoms with Gasteiger partial charge in [-0.15, -0.1) is 0 Å². The number of hydrogen-bond acceptors (Lipinski definition) is 6. The minimum Gasteiger partial charge on any atom is -0.491 e. The molecule has 0 bridgehead atoms. The molecular weight excluding hydrogens is 280 g/mol. The van der Waals surface area contributed by atoms with E-state index >= 15 is 0 Å². The average molecular weight is 300 g/mol. The molecule has 0 radical (unpaired) electrons. The minimum atomic E-state index is 0.0474. The predicted molar refractivity (Wildman–Crippen MR) is 86.2 cm³/mol. The second-order valence-electron chi connectivity index (χ2n) is 5.16. The topological polar surface area (TPSA) is 72.4 Å². The van der Waals surface area contributed by atoms with Gasteiger partial charge in [0.05, 0.1) is 19.2 Å². The SMILES string of the molecule is COCCOc1cc(CN)cc(C2CN3N=CC=CC3=N2)c1. The molecule has 2 heterocycles. The first kappa shape index (κ1) is 14.7. The molecule has 0 aromatic heterocycles. The molecule has 22 heavy (non-hydrogen) atoms. The second-order valence-corrected chi connectivity index (χ2v) is 5.16. The van der Waals surface area contributed by atoms with E-state index in [2.05, 4.69) is 11.2 Å². The zero-order valence-electron chi connectivity index (χ0n) is 12.6. The summed E-state index contributed by atoms with van der Waals surface area (Å²) in [5, 5.41) is 6.22. The molecule has 1 atom stereocenters. The summed E-state index contributed by atoms with van der Waals surface area (Å²) >= 11 is 0. The molecule has 6 nitrogen and oxygen atoms in total. The number of fused-ring (bicyclic) bond motifs is 1. The summed E-state index contributed by atoms with van der Waals surface area (Å²) in [6.07, 6.45) is 5.64. The van der Waals surface area contributed by atoms with Gasteiger partial charge in [0.1, 0.15) is 18.2 Å². The Balaban J connectivity index is 1.81. The van der Waals surface area contributed by atoms with E-state index in [1.54, 1.807) is 13.3 Å². The molecule has 0 aliphatic carbocycles. The van der Waals surface area contributed by atoms with Gasteiger partial charge in [0.15, 0.2) is 0 Å². The molecule has 0 amide bonds. The maximum atomic E-state index is 5.80. The Morgan fingerprint density at radius 1 is 1.32 bits per heavy atom. The van der Waals surface area contributed by atoms with Gasteiger partial charge in [-0.25, -0.2) is 5.01 Å². The molecule has 2 N–H and O–H groups in total. The van der Waals surface area contributed by atoms with Crippen LogP contribution in [0.5, 0.6) is 5.75 Å². The number of benzene rings is 1. The third-order valence-corrected chi connectivity index (χ3v) is 3.60. The number of nitrogens with zero attached hydrogens (tertiary/aromatic N) is 3. The van der Waals surface area contributed by atoms with Gasteiger partial charge in [-0.2, -0.15) is 5.10 Å². The number of rotatable bonds is 6. The summed E-state index contributed by atoms with van der Waals surface area (Å²) in [6, 6.07) is 6.12. The number of aliphatic imine (C=N–C) groups is 1. The van der Waals surface area contributed by atoms with E-state index < -0.39 is 0 Å². The molecule has 2 aliphatic heterocycles. The first-order valence-corrected chi connectivity index (χ1v) is 7.32. The van der Waals surface area contributed by atoms with Crippen molar-refractivity contribution in [2.45, 2.75) is 12.6 Å². The quantitative estimate of drug-likeness (QED) is 0.808. The number of amidine groups is 1. The Kier molecular flexibility index (Phi) is 4.50. The van der Waals surface area contributed by atoms with Crippen LogP contribution in [0.2, 0.25) is 0 Å². The van der Waals surface area contributed by atoms with Gasteiger partial charge < -0.3 is 15.2 Å². The summed E-state index contributed by atoms with van der Waals surface area (Å²) in [4.78, 5) is 4.71. The van der Waals surface area contributed by atoms with E-state index in [9.17, 15) is 0 Å². The minimum absolute atomic E-state index is 0.0474. The van der Waals surface area contributed by atoms with Crippen molar-refractivity contribution in [1.82, 2.24) is 5.01 Å². The van der Waals surface area contributed by atoms with Crippen LogP contribution in [0, 0.1) is 0 Å². The fraction of sp³-hybridized carbons (Fsp3) is 0.375. The molecule has 0 saturated heterocycles. The second kappa shape index (κ2) is 6.72. The number of allylic oxidation sites excluding steroid dienone is 1. The van der Waals surface area contributed by atoms with Crippen LogP contribution in [0.1, 0.15) is 17.2 Å². The Hall–Kier alpha value is -2.18. The molecule has 0 saturated carbocycles. The van der Waals surface area contributed by atoms with Crippen LogP contribution in [0.4, 0.5) is 0 Å². The standard InChI is InChI=1S/C16H20N4O2/c1-21-5-6-22-14-8-12(10-17)7-13(9-14)15-11-20-16(19-15)3-2-4-18-20/h2-4,7-9,15H,5-6,10-11,17H2,1H3. The Morgan fingerprint density at radius 3 is 3.00 bits per heavy atom. The third kappa shape index (κ3) is 3.18. The van der Waals surface area contributed by atoms with E-state index in [1.165, 1.54) is 0 Å². The van der Waals surface area contributed by atoms with E-state index in [4.69, 9.17) is 20.2 Å². The molecule has 0 fully saturated rings. The smallest absolute Gasteiger partial charge is 0.144 e. The fourth-order valence-electron chi connectivity index (χ4n) is 2.51. The Morgan fingerprint density at radius 2 is 2.23 bits per heavy atom. The fourth-order valence-corrected chi connectivity index (χ4v) is 2.51. The molecule has 1 aromatic rings. The molecule has 3 rings (SSSR count). The Labute approximate surface area is 129 Å².